The lowest BCUT2D eigenvalue weighted by Gasteiger charge is -2.17. The van der Waals surface area contributed by atoms with E-state index in [1.165, 1.54) is 11.3 Å². The van der Waals surface area contributed by atoms with Gasteiger partial charge in [0.2, 0.25) is 5.95 Å². The average Bonchev–Trinajstić information content (AvgIpc) is 3.32. The van der Waals surface area contributed by atoms with Gasteiger partial charge in [-0.15, -0.1) is 11.3 Å². The number of thiophene rings is 1. The number of fused-ring (bicyclic) bond motifs is 1. The molecule has 0 spiro atoms. The van der Waals surface area contributed by atoms with Crippen molar-refractivity contribution in [2.24, 2.45) is 0 Å². The number of nitrogens with two attached hydrogens (primary N) is 1. The van der Waals surface area contributed by atoms with Gasteiger partial charge in [-0.3, -0.25) is 19.4 Å². The zero-order chi connectivity index (χ0) is 28.2. The smallest absolute Gasteiger partial charge is 0.328 e. The summed E-state index contributed by atoms with van der Waals surface area (Å²) < 4.78 is 9.95. The maximum atomic E-state index is 12.7. The van der Waals surface area contributed by atoms with Gasteiger partial charge in [0.05, 0.1) is 18.6 Å². The Morgan fingerprint density at radius 3 is 2.41 bits per heavy atom. The summed E-state index contributed by atoms with van der Waals surface area (Å²) in [6, 6.07) is 8.28. The topological polar surface area (TPSA) is 153 Å². The molecule has 0 aliphatic heterocycles. The number of aryl methyl sites for hydroxylation is 2. The number of esters is 2. The SMILES string of the molecule is CCOC(=O)CC[C@H](NC(=O)c1ccc(CCCCCCc2cc3c(=O)[nH]c(N)nc3s2)cc1)C(=O)OCC. The molecule has 0 aliphatic rings. The Morgan fingerprint density at radius 2 is 1.72 bits per heavy atom. The van der Waals surface area contributed by atoms with E-state index < -0.39 is 23.9 Å². The minimum Gasteiger partial charge on any atom is -0.466 e. The zero-order valence-electron chi connectivity index (χ0n) is 22.4. The summed E-state index contributed by atoms with van der Waals surface area (Å²) in [5, 5.41) is 3.27. The lowest BCUT2D eigenvalue weighted by Crippen LogP contribution is -2.42. The predicted octanol–water partition coefficient (Wildman–Crippen LogP) is 3.92. The van der Waals surface area contributed by atoms with Gasteiger partial charge >= 0.3 is 11.9 Å². The number of H-pyrrole nitrogens is 1. The fourth-order valence-corrected chi connectivity index (χ4v) is 5.23. The van der Waals surface area contributed by atoms with Gasteiger partial charge in [0, 0.05) is 16.9 Å². The van der Waals surface area contributed by atoms with E-state index in [-0.39, 0.29) is 37.6 Å². The largest absolute Gasteiger partial charge is 0.466 e. The van der Waals surface area contributed by atoms with Crippen molar-refractivity contribution in [2.75, 3.05) is 18.9 Å². The van der Waals surface area contributed by atoms with Crippen molar-refractivity contribution in [1.29, 1.82) is 0 Å². The summed E-state index contributed by atoms with van der Waals surface area (Å²) in [6.07, 6.45) is 6.10. The van der Waals surface area contributed by atoms with Crippen LogP contribution in [-0.4, -0.2) is 47.1 Å². The van der Waals surface area contributed by atoms with Crippen LogP contribution in [0.15, 0.2) is 35.1 Å². The number of unbranched alkanes of at least 4 members (excludes halogenated alkanes) is 3. The van der Waals surface area contributed by atoms with Gasteiger partial charge in [-0.05, 0) is 69.7 Å². The molecule has 2 aromatic heterocycles. The number of nitrogens with one attached hydrogen (secondary N) is 2. The predicted molar refractivity (Wildman–Crippen MR) is 151 cm³/mol. The number of ether oxygens (including phenoxy) is 2. The van der Waals surface area contributed by atoms with Crippen LogP contribution in [0.5, 0.6) is 0 Å². The Morgan fingerprint density at radius 1 is 1.03 bits per heavy atom. The first-order valence-electron chi connectivity index (χ1n) is 13.3. The molecule has 2 heterocycles. The zero-order valence-corrected chi connectivity index (χ0v) is 23.2. The first kappa shape index (κ1) is 29.8. The van der Waals surface area contributed by atoms with Crippen LogP contribution in [0.25, 0.3) is 10.2 Å². The van der Waals surface area contributed by atoms with Crippen molar-refractivity contribution < 1.29 is 23.9 Å². The number of benzene rings is 1. The van der Waals surface area contributed by atoms with Crippen molar-refractivity contribution in [3.05, 3.63) is 56.7 Å². The molecular weight excluding hydrogens is 520 g/mol. The quantitative estimate of drug-likeness (QED) is 0.188. The first-order valence-corrected chi connectivity index (χ1v) is 14.1. The number of carbonyl (C=O) groups is 3. The molecule has 0 aliphatic carbocycles. The lowest BCUT2D eigenvalue weighted by atomic mass is 10.0. The summed E-state index contributed by atoms with van der Waals surface area (Å²) in [7, 11) is 0. The van der Waals surface area contributed by atoms with E-state index in [0.717, 1.165) is 49.0 Å². The van der Waals surface area contributed by atoms with Crippen LogP contribution < -0.4 is 16.6 Å². The fourth-order valence-electron chi connectivity index (χ4n) is 4.15. The van der Waals surface area contributed by atoms with E-state index >= 15 is 0 Å². The number of hydrogen-bond donors (Lipinski definition) is 3. The van der Waals surface area contributed by atoms with Gasteiger partial charge in [0.25, 0.3) is 11.5 Å². The highest BCUT2D eigenvalue weighted by Gasteiger charge is 2.24. The maximum absolute atomic E-state index is 12.7. The number of carbonyl (C=O) groups excluding carboxylic acids is 3. The second kappa shape index (κ2) is 15.0. The summed E-state index contributed by atoms with van der Waals surface area (Å²) >= 11 is 1.51. The Balaban J connectivity index is 1.41. The number of nitrogen functional groups attached to an aromatic ring is 1. The van der Waals surface area contributed by atoms with E-state index in [1.54, 1.807) is 26.0 Å². The van der Waals surface area contributed by atoms with E-state index in [0.29, 0.717) is 15.8 Å². The molecule has 0 bridgehead atoms. The third-order valence-electron chi connectivity index (χ3n) is 6.15. The van der Waals surface area contributed by atoms with Crippen molar-refractivity contribution in [3.8, 4) is 0 Å². The molecule has 1 atom stereocenters. The summed E-state index contributed by atoms with van der Waals surface area (Å²) in [6.45, 7) is 3.83. The molecule has 3 aromatic rings. The van der Waals surface area contributed by atoms with Gasteiger partial charge in [0.1, 0.15) is 10.9 Å². The van der Waals surface area contributed by atoms with Crippen molar-refractivity contribution >= 4 is 45.3 Å². The number of anilines is 1. The monoisotopic (exact) mass is 556 g/mol. The van der Waals surface area contributed by atoms with Gasteiger partial charge in [-0.2, -0.15) is 0 Å². The molecule has 3 rings (SSSR count). The lowest BCUT2D eigenvalue weighted by molar-refractivity contribution is -0.146. The van der Waals surface area contributed by atoms with Crippen LogP contribution in [0.4, 0.5) is 5.95 Å². The van der Waals surface area contributed by atoms with Gasteiger partial charge in [-0.25, -0.2) is 9.78 Å². The van der Waals surface area contributed by atoms with Gasteiger partial charge in [0.15, 0.2) is 0 Å². The van der Waals surface area contributed by atoms with Crippen LogP contribution in [0.2, 0.25) is 0 Å². The molecular formula is C28H36N4O6S. The molecule has 11 heteroatoms. The van der Waals surface area contributed by atoms with Crippen LogP contribution in [0.1, 0.15) is 73.2 Å². The van der Waals surface area contributed by atoms with Crippen LogP contribution >= 0.6 is 11.3 Å². The number of nitrogens with zero attached hydrogens (tertiary/aromatic N) is 1. The molecule has 39 heavy (non-hydrogen) atoms. The summed E-state index contributed by atoms with van der Waals surface area (Å²) in [4.78, 5) is 57.2. The third-order valence-corrected chi connectivity index (χ3v) is 7.23. The van der Waals surface area contributed by atoms with Gasteiger partial charge in [-0.1, -0.05) is 25.0 Å². The summed E-state index contributed by atoms with van der Waals surface area (Å²) in [5.74, 6) is -1.26. The molecule has 210 valence electrons. The highest BCUT2D eigenvalue weighted by molar-refractivity contribution is 7.18. The summed E-state index contributed by atoms with van der Waals surface area (Å²) in [5.41, 5.74) is 6.98. The minimum atomic E-state index is -0.927. The molecule has 0 saturated carbocycles. The molecule has 1 aromatic carbocycles. The number of amides is 1. The molecule has 0 radical (unpaired) electrons. The standard InChI is InChI=1S/C28H36N4O6S/c1-3-37-23(33)16-15-22(27(36)38-4-2)30-24(34)19-13-11-18(12-14-19)9-7-5-6-8-10-20-17-21-25(35)31-28(29)32-26(21)39-20/h11-14,17,22H,3-10,15-16H2,1-2H3,(H,30,34)(H3,29,31,32,35)/t22-/m0/s1. The van der Waals surface area contributed by atoms with Crippen molar-refractivity contribution in [1.82, 2.24) is 15.3 Å². The van der Waals surface area contributed by atoms with E-state index in [2.05, 4.69) is 15.3 Å². The molecule has 10 nitrogen and oxygen atoms in total. The van der Waals surface area contributed by atoms with Gasteiger partial charge < -0.3 is 20.5 Å². The van der Waals surface area contributed by atoms with Crippen molar-refractivity contribution in [3.63, 3.8) is 0 Å². The Labute approximate surface area is 231 Å². The molecule has 0 saturated heterocycles. The Hall–Kier alpha value is -3.73. The number of rotatable bonds is 15. The van der Waals surface area contributed by atoms with E-state index in [9.17, 15) is 19.2 Å². The number of aromatic amines is 1. The Kier molecular flexibility index (Phi) is 11.5. The van der Waals surface area contributed by atoms with Crippen LogP contribution in [-0.2, 0) is 31.9 Å². The normalized spacial score (nSPS) is 11.7. The molecule has 0 unspecified atom stereocenters. The van der Waals surface area contributed by atoms with Crippen LogP contribution in [0, 0.1) is 0 Å². The third kappa shape index (κ3) is 9.20. The average molecular weight is 557 g/mol. The highest BCUT2D eigenvalue weighted by atomic mass is 32.1. The number of hydrogen-bond acceptors (Lipinski definition) is 9. The number of aromatic nitrogens is 2. The van der Waals surface area contributed by atoms with E-state index in [4.69, 9.17) is 15.2 Å². The fraction of sp³-hybridized carbons (Fsp3) is 0.464. The highest BCUT2D eigenvalue weighted by Crippen LogP contribution is 2.23. The maximum Gasteiger partial charge on any atom is 0.328 e. The molecule has 4 N–H and O–H groups in total. The van der Waals surface area contributed by atoms with Crippen molar-refractivity contribution in [2.45, 2.75) is 71.3 Å². The Bertz CT molecular complexity index is 1320. The van der Waals surface area contributed by atoms with Crippen LogP contribution in [0.3, 0.4) is 0 Å². The second-order valence-corrected chi connectivity index (χ2v) is 10.2. The molecule has 0 fully saturated rings. The molecule has 1 amide bonds. The minimum absolute atomic E-state index is 0.00672. The first-order chi connectivity index (χ1) is 18.8. The second-order valence-electron chi connectivity index (χ2n) is 9.12. The van der Waals surface area contributed by atoms with E-state index in [1.807, 2.05) is 18.2 Å².